The molecule has 0 aromatic heterocycles. The Labute approximate surface area is 88.7 Å². The molecule has 0 saturated heterocycles. The molecular formula is C13H25N. The summed E-state index contributed by atoms with van der Waals surface area (Å²) < 4.78 is 0. The third-order valence-electron chi connectivity index (χ3n) is 4.27. The van der Waals surface area contributed by atoms with Gasteiger partial charge in [-0.15, -0.1) is 0 Å². The summed E-state index contributed by atoms with van der Waals surface area (Å²) in [7, 11) is 0. The zero-order valence-electron chi connectivity index (χ0n) is 9.76. The Morgan fingerprint density at radius 2 is 1.79 bits per heavy atom. The maximum atomic E-state index is 3.63. The largest absolute Gasteiger partial charge is 0.314 e. The second-order valence-electron chi connectivity index (χ2n) is 5.65. The lowest BCUT2D eigenvalue weighted by Crippen LogP contribution is -2.25. The third kappa shape index (κ3) is 2.98. The second-order valence-corrected chi connectivity index (χ2v) is 5.65. The molecule has 0 radical (unpaired) electrons. The van der Waals surface area contributed by atoms with E-state index < -0.39 is 0 Å². The maximum Gasteiger partial charge on any atom is 0.00682 e. The van der Waals surface area contributed by atoms with Crippen molar-refractivity contribution in [3.05, 3.63) is 0 Å². The van der Waals surface area contributed by atoms with E-state index in [-0.39, 0.29) is 0 Å². The molecule has 0 heterocycles. The van der Waals surface area contributed by atoms with Gasteiger partial charge in [0.15, 0.2) is 0 Å². The highest BCUT2D eigenvalue weighted by Crippen LogP contribution is 2.34. The van der Waals surface area contributed by atoms with Crippen molar-refractivity contribution >= 4 is 0 Å². The van der Waals surface area contributed by atoms with Gasteiger partial charge in [-0.3, -0.25) is 0 Å². The van der Waals surface area contributed by atoms with Crippen molar-refractivity contribution in [3.8, 4) is 0 Å². The van der Waals surface area contributed by atoms with Crippen molar-refractivity contribution in [1.29, 1.82) is 0 Å². The van der Waals surface area contributed by atoms with Crippen molar-refractivity contribution in [2.75, 3.05) is 6.54 Å². The number of hydrogen-bond donors (Lipinski definition) is 1. The molecule has 0 aromatic rings. The average Bonchev–Trinajstić information content (AvgIpc) is 2.95. The second kappa shape index (κ2) is 4.65. The summed E-state index contributed by atoms with van der Waals surface area (Å²) in [6.07, 6.45) is 8.71. The molecule has 82 valence electrons. The van der Waals surface area contributed by atoms with Gasteiger partial charge in [0.25, 0.3) is 0 Å². The van der Waals surface area contributed by atoms with Gasteiger partial charge in [-0.25, -0.2) is 0 Å². The summed E-state index contributed by atoms with van der Waals surface area (Å²) in [5.41, 5.74) is 0. The van der Waals surface area contributed by atoms with Gasteiger partial charge in [0.05, 0.1) is 0 Å². The molecule has 2 fully saturated rings. The molecule has 3 atom stereocenters. The molecule has 1 heteroatoms. The van der Waals surface area contributed by atoms with Gasteiger partial charge in [0.1, 0.15) is 0 Å². The molecule has 1 N–H and O–H groups in total. The first kappa shape index (κ1) is 10.5. The van der Waals surface area contributed by atoms with Crippen molar-refractivity contribution < 1.29 is 0 Å². The van der Waals surface area contributed by atoms with E-state index >= 15 is 0 Å². The lowest BCUT2D eigenvalue weighted by molar-refractivity contribution is 0.199. The van der Waals surface area contributed by atoms with E-state index in [1.54, 1.807) is 0 Å². The summed E-state index contributed by atoms with van der Waals surface area (Å²) >= 11 is 0. The summed E-state index contributed by atoms with van der Waals surface area (Å²) in [6, 6.07) is 0.898. The number of hydrogen-bond acceptors (Lipinski definition) is 1. The van der Waals surface area contributed by atoms with Crippen LogP contribution in [0.5, 0.6) is 0 Å². The van der Waals surface area contributed by atoms with Crippen LogP contribution in [0, 0.1) is 17.8 Å². The molecule has 2 aliphatic carbocycles. The smallest absolute Gasteiger partial charge is 0.00682 e. The van der Waals surface area contributed by atoms with Gasteiger partial charge >= 0.3 is 0 Å². The molecule has 2 rings (SSSR count). The van der Waals surface area contributed by atoms with Crippen LogP contribution in [0.1, 0.15) is 52.4 Å². The fourth-order valence-electron chi connectivity index (χ4n) is 2.70. The minimum Gasteiger partial charge on any atom is -0.314 e. The van der Waals surface area contributed by atoms with E-state index in [9.17, 15) is 0 Å². The Morgan fingerprint density at radius 3 is 2.43 bits per heavy atom. The number of rotatable bonds is 4. The summed E-state index contributed by atoms with van der Waals surface area (Å²) in [4.78, 5) is 0. The van der Waals surface area contributed by atoms with Crippen LogP contribution in [0.25, 0.3) is 0 Å². The molecule has 2 aliphatic rings. The predicted molar refractivity (Wildman–Crippen MR) is 61.3 cm³/mol. The quantitative estimate of drug-likeness (QED) is 0.726. The highest BCUT2D eigenvalue weighted by Gasteiger charge is 2.25. The van der Waals surface area contributed by atoms with Crippen LogP contribution in [-0.4, -0.2) is 12.6 Å². The van der Waals surface area contributed by atoms with Crippen LogP contribution >= 0.6 is 0 Å². The lowest BCUT2D eigenvalue weighted by atomic mass is 9.75. The molecule has 0 bridgehead atoms. The van der Waals surface area contributed by atoms with E-state index in [0.717, 1.165) is 23.8 Å². The lowest BCUT2D eigenvalue weighted by Gasteiger charge is -2.32. The SMILES string of the molecule is CC1CCC(CCNC2CC2)CC1C. The molecule has 3 unspecified atom stereocenters. The maximum absolute atomic E-state index is 3.63. The normalized spacial score (nSPS) is 38.6. The van der Waals surface area contributed by atoms with E-state index in [0.29, 0.717) is 0 Å². The van der Waals surface area contributed by atoms with Crippen molar-refractivity contribution in [1.82, 2.24) is 5.32 Å². The highest BCUT2D eigenvalue weighted by molar-refractivity contribution is 4.82. The Kier molecular flexibility index (Phi) is 3.48. The first-order valence-electron chi connectivity index (χ1n) is 6.49. The molecule has 0 amide bonds. The molecule has 14 heavy (non-hydrogen) atoms. The Bertz CT molecular complexity index is 174. The van der Waals surface area contributed by atoms with Gasteiger partial charge in [-0.2, -0.15) is 0 Å². The molecule has 1 nitrogen and oxygen atoms in total. The monoisotopic (exact) mass is 195 g/mol. The summed E-state index contributed by atoms with van der Waals surface area (Å²) in [6.45, 7) is 6.13. The minimum absolute atomic E-state index is 0.898. The van der Waals surface area contributed by atoms with E-state index in [1.807, 2.05) is 0 Å². The van der Waals surface area contributed by atoms with Crippen molar-refractivity contribution in [2.24, 2.45) is 17.8 Å². The average molecular weight is 195 g/mol. The molecule has 0 aromatic carbocycles. The molecular weight excluding hydrogens is 170 g/mol. The van der Waals surface area contributed by atoms with E-state index in [4.69, 9.17) is 0 Å². The van der Waals surface area contributed by atoms with Gasteiger partial charge in [-0.1, -0.05) is 26.7 Å². The Balaban J connectivity index is 1.60. The number of nitrogens with one attached hydrogen (secondary N) is 1. The first-order chi connectivity index (χ1) is 6.75. The summed E-state index contributed by atoms with van der Waals surface area (Å²) in [5, 5.41) is 3.63. The fraction of sp³-hybridized carbons (Fsp3) is 1.00. The van der Waals surface area contributed by atoms with Gasteiger partial charge in [0.2, 0.25) is 0 Å². The van der Waals surface area contributed by atoms with Gasteiger partial charge in [-0.05, 0) is 50.0 Å². The van der Waals surface area contributed by atoms with Gasteiger partial charge in [0, 0.05) is 6.04 Å². The topological polar surface area (TPSA) is 12.0 Å². The van der Waals surface area contributed by atoms with Crippen molar-refractivity contribution in [3.63, 3.8) is 0 Å². The van der Waals surface area contributed by atoms with Crippen molar-refractivity contribution in [2.45, 2.75) is 58.4 Å². The predicted octanol–water partition coefficient (Wildman–Crippen LogP) is 3.20. The Morgan fingerprint density at radius 1 is 1.00 bits per heavy atom. The summed E-state index contributed by atoms with van der Waals surface area (Å²) in [5.74, 6) is 2.96. The molecule has 2 saturated carbocycles. The highest BCUT2D eigenvalue weighted by atomic mass is 14.9. The Hall–Kier alpha value is -0.0400. The van der Waals surface area contributed by atoms with Crippen LogP contribution in [0.3, 0.4) is 0 Å². The van der Waals surface area contributed by atoms with E-state index in [2.05, 4.69) is 19.2 Å². The third-order valence-corrected chi connectivity index (χ3v) is 4.27. The van der Waals surface area contributed by atoms with Crippen LogP contribution in [0.2, 0.25) is 0 Å². The molecule has 0 spiro atoms. The first-order valence-corrected chi connectivity index (χ1v) is 6.49. The van der Waals surface area contributed by atoms with Gasteiger partial charge < -0.3 is 5.32 Å². The minimum atomic E-state index is 0.898. The van der Waals surface area contributed by atoms with Crippen LogP contribution < -0.4 is 5.32 Å². The standard InChI is InChI=1S/C13H25N/c1-10-3-4-12(9-11(10)2)7-8-14-13-5-6-13/h10-14H,3-9H2,1-2H3. The van der Waals surface area contributed by atoms with Crippen LogP contribution in [0.4, 0.5) is 0 Å². The zero-order chi connectivity index (χ0) is 9.97. The molecule has 0 aliphatic heterocycles. The van der Waals surface area contributed by atoms with E-state index in [1.165, 1.54) is 45.1 Å². The van der Waals surface area contributed by atoms with Crippen LogP contribution in [-0.2, 0) is 0 Å². The zero-order valence-corrected chi connectivity index (χ0v) is 9.76. The van der Waals surface area contributed by atoms with Crippen LogP contribution in [0.15, 0.2) is 0 Å². The fourth-order valence-corrected chi connectivity index (χ4v) is 2.70.